The van der Waals surface area contributed by atoms with Crippen LogP contribution in [-0.4, -0.2) is 99.3 Å². The molecule has 2 aliphatic heterocycles. The van der Waals surface area contributed by atoms with E-state index in [9.17, 15) is 9.59 Å². The van der Waals surface area contributed by atoms with Crippen molar-refractivity contribution in [2.24, 2.45) is 0 Å². The lowest BCUT2D eigenvalue weighted by Crippen LogP contribution is -2.66. The molecule has 204 valence electrons. The van der Waals surface area contributed by atoms with Gasteiger partial charge in [-0.3, -0.25) is 19.4 Å². The first-order chi connectivity index (χ1) is 18.5. The molecule has 2 heterocycles. The molecule has 0 unspecified atom stereocenters. The summed E-state index contributed by atoms with van der Waals surface area (Å²) in [5.41, 5.74) is 0.0122. The van der Waals surface area contributed by atoms with Gasteiger partial charge in [0.25, 0.3) is 0 Å². The number of rotatable bonds is 8. The summed E-state index contributed by atoms with van der Waals surface area (Å²) in [7, 11) is 3.25. The van der Waals surface area contributed by atoms with Gasteiger partial charge in [0.2, 0.25) is 0 Å². The molecule has 0 N–H and O–H groups in total. The Morgan fingerprint density at radius 2 is 0.921 bits per heavy atom. The van der Waals surface area contributed by atoms with E-state index < -0.39 is 11.1 Å². The van der Waals surface area contributed by atoms with Gasteiger partial charge in [-0.05, 0) is 74.2 Å². The molecular formula is C30H38N2O6. The highest BCUT2D eigenvalue weighted by Crippen LogP contribution is 2.45. The third-order valence-corrected chi connectivity index (χ3v) is 8.69. The van der Waals surface area contributed by atoms with Crippen LogP contribution in [0.3, 0.4) is 0 Å². The highest BCUT2D eigenvalue weighted by molar-refractivity contribution is 6.06. The van der Waals surface area contributed by atoms with Crippen molar-refractivity contribution in [2.45, 2.75) is 36.8 Å². The van der Waals surface area contributed by atoms with E-state index in [0.717, 1.165) is 11.5 Å². The lowest BCUT2D eigenvalue weighted by Gasteiger charge is -2.54. The Kier molecular flexibility index (Phi) is 8.14. The fourth-order valence-corrected chi connectivity index (χ4v) is 6.46. The Morgan fingerprint density at radius 3 is 1.21 bits per heavy atom. The molecule has 0 amide bonds. The lowest BCUT2D eigenvalue weighted by atomic mass is 9.65. The van der Waals surface area contributed by atoms with E-state index in [1.54, 1.807) is 14.2 Å². The predicted molar refractivity (Wildman–Crippen MR) is 143 cm³/mol. The summed E-state index contributed by atoms with van der Waals surface area (Å²) in [5, 5.41) is 0. The van der Waals surface area contributed by atoms with Gasteiger partial charge in [0.05, 0.1) is 51.7 Å². The van der Waals surface area contributed by atoms with Crippen molar-refractivity contribution in [3.8, 4) is 11.5 Å². The summed E-state index contributed by atoms with van der Waals surface area (Å²) < 4.78 is 21.9. The van der Waals surface area contributed by atoms with Crippen LogP contribution in [-0.2, 0) is 9.47 Å². The predicted octanol–water partition coefficient (Wildman–Crippen LogP) is 3.49. The Labute approximate surface area is 224 Å². The molecule has 2 aromatic rings. The first-order valence-corrected chi connectivity index (χ1v) is 13.6. The van der Waals surface area contributed by atoms with Gasteiger partial charge >= 0.3 is 0 Å². The number of morpholine rings is 2. The van der Waals surface area contributed by atoms with Crippen molar-refractivity contribution in [1.82, 2.24) is 9.80 Å². The second kappa shape index (κ2) is 11.5. The van der Waals surface area contributed by atoms with Gasteiger partial charge < -0.3 is 18.9 Å². The SMILES string of the molecule is COc1ccc(C(=O)C2(N3CCOCC3)CCC(C(=O)c3ccc(OC)cc3)(N3CCOCC3)CC2)cc1. The summed E-state index contributed by atoms with van der Waals surface area (Å²) >= 11 is 0. The molecule has 0 spiro atoms. The number of carbonyl (C=O) groups is 2. The van der Waals surface area contributed by atoms with E-state index >= 15 is 0 Å². The molecule has 1 saturated carbocycles. The van der Waals surface area contributed by atoms with Gasteiger partial charge in [-0.15, -0.1) is 0 Å². The molecule has 0 atom stereocenters. The van der Waals surface area contributed by atoms with Gasteiger partial charge in [0, 0.05) is 37.3 Å². The quantitative estimate of drug-likeness (QED) is 0.488. The smallest absolute Gasteiger partial charge is 0.183 e. The molecule has 3 aliphatic rings. The first-order valence-electron chi connectivity index (χ1n) is 13.6. The van der Waals surface area contributed by atoms with E-state index in [2.05, 4.69) is 9.80 Å². The maximum Gasteiger partial charge on any atom is 0.183 e. The number of hydrogen-bond acceptors (Lipinski definition) is 8. The molecule has 2 saturated heterocycles. The van der Waals surface area contributed by atoms with Crippen LogP contribution in [0.4, 0.5) is 0 Å². The fourth-order valence-electron chi connectivity index (χ4n) is 6.46. The molecule has 0 radical (unpaired) electrons. The minimum Gasteiger partial charge on any atom is -0.497 e. The van der Waals surface area contributed by atoms with Crippen molar-refractivity contribution in [2.75, 3.05) is 66.8 Å². The van der Waals surface area contributed by atoms with Crippen molar-refractivity contribution in [3.05, 3.63) is 59.7 Å². The van der Waals surface area contributed by atoms with Crippen molar-refractivity contribution >= 4 is 11.6 Å². The van der Waals surface area contributed by atoms with Gasteiger partial charge in [-0.25, -0.2) is 0 Å². The molecule has 3 fully saturated rings. The fraction of sp³-hybridized carbons (Fsp3) is 0.533. The molecular weight excluding hydrogens is 484 g/mol. The topological polar surface area (TPSA) is 77.5 Å². The average molecular weight is 523 g/mol. The Balaban J connectivity index is 1.48. The van der Waals surface area contributed by atoms with Crippen molar-refractivity contribution < 1.29 is 28.5 Å². The minimum absolute atomic E-state index is 0.120. The van der Waals surface area contributed by atoms with Crippen LogP contribution in [0, 0.1) is 0 Å². The Bertz CT molecular complexity index is 1010. The van der Waals surface area contributed by atoms with Gasteiger partial charge in [-0.1, -0.05) is 0 Å². The summed E-state index contributed by atoms with van der Waals surface area (Å²) in [4.78, 5) is 33.1. The molecule has 8 heteroatoms. The van der Waals surface area contributed by atoms with Crippen LogP contribution in [0.2, 0.25) is 0 Å². The monoisotopic (exact) mass is 522 g/mol. The maximum absolute atomic E-state index is 14.3. The van der Waals surface area contributed by atoms with Crippen LogP contribution in [0.5, 0.6) is 11.5 Å². The van der Waals surface area contributed by atoms with Gasteiger partial charge in [-0.2, -0.15) is 0 Å². The summed E-state index contributed by atoms with van der Waals surface area (Å²) in [6, 6.07) is 14.8. The van der Waals surface area contributed by atoms with Crippen molar-refractivity contribution in [3.63, 3.8) is 0 Å². The standard InChI is InChI=1S/C30H38N2O6/c1-35-25-7-3-23(4-8-25)27(33)29(31-15-19-37-20-16-31)11-13-30(14-12-29,32-17-21-38-22-18-32)28(34)24-5-9-26(36-2)10-6-24/h3-10H,11-22H2,1-2H3. The first kappa shape index (κ1) is 26.8. The van der Waals surface area contributed by atoms with Crippen molar-refractivity contribution in [1.29, 1.82) is 0 Å². The summed E-state index contributed by atoms with van der Waals surface area (Å²) in [6.07, 6.45) is 2.43. The van der Waals surface area contributed by atoms with Gasteiger partial charge in [0.1, 0.15) is 11.5 Å². The molecule has 38 heavy (non-hydrogen) atoms. The Morgan fingerprint density at radius 1 is 0.605 bits per heavy atom. The van der Waals surface area contributed by atoms with Crippen LogP contribution in [0.25, 0.3) is 0 Å². The zero-order valence-electron chi connectivity index (χ0n) is 22.4. The number of nitrogens with zero attached hydrogens (tertiary/aromatic N) is 2. The van der Waals surface area contributed by atoms with Crippen LogP contribution >= 0.6 is 0 Å². The van der Waals surface area contributed by atoms with E-state index in [-0.39, 0.29) is 11.6 Å². The van der Waals surface area contributed by atoms with E-state index in [4.69, 9.17) is 18.9 Å². The molecule has 5 rings (SSSR count). The van der Waals surface area contributed by atoms with Crippen LogP contribution in [0.15, 0.2) is 48.5 Å². The lowest BCUT2D eigenvalue weighted by molar-refractivity contribution is -0.0628. The second-order valence-electron chi connectivity index (χ2n) is 10.4. The number of ketones is 2. The number of Topliss-reactive ketones (excluding diaryl/α,β-unsaturated/α-hetero) is 2. The third kappa shape index (κ3) is 4.98. The van der Waals surface area contributed by atoms with E-state index in [1.807, 2.05) is 48.5 Å². The molecule has 8 nitrogen and oxygen atoms in total. The summed E-state index contributed by atoms with van der Waals surface area (Å²) in [5.74, 6) is 1.69. The normalized spacial score (nSPS) is 27.0. The van der Waals surface area contributed by atoms with E-state index in [0.29, 0.717) is 89.4 Å². The zero-order valence-corrected chi connectivity index (χ0v) is 22.4. The molecule has 0 bridgehead atoms. The van der Waals surface area contributed by atoms with Gasteiger partial charge in [0.15, 0.2) is 11.6 Å². The average Bonchev–Trinajstić information content (AvgIpc) is 3.01. The number of ether oxygens (including phenoxy) is 4. The third-order valence-electron chi connectivity index (χ3n) is 8.69. The molecule has 0 aromatic heterocycles. The maximum atomic E-state index is 14.3. The number of benzene rings is 2. The highest BCUT2D eigenvalue weighted by Gasteiger charge is 2.55. The Hall–Kier alpha value is -2.78. The zero-order chi connectivity index (χ0) is 26.6. The summed E-state index contributed by atoms with van der Waals surface area (Å²) in [6.45, 7) is 5.26. The van der Waals surface area contributed by atoms with Crippen LogP contribution < -0.4 is 9.47 Å². The number of carbonyl (C=O) groups excluding carboxylic acids is 2. The largest absolute Gasteiger partial charge is 0.497 e. The number of methoxy groups -OCH3 is 2. The van der Waals surface area contributed by atoms with E-state index in [1.165, 1.54) is 0 Å². The molecule has 1 aliphatic carbocycles. The minimum atomic E-state index is -0.672. The highest BCUT2D eigenvalue weighted by atomic mass is 16.5. The second-order valence-corrected chi connectivity index (χ2v) is 10.4. The van der Waals surface area contributed by atoms with Crippen LogP contribution in [0.1, 0.15) is 46.4 Å². The number of hydrogen-bond donors (Lipinski definition) is 0. The molecule has 2 aromatic carbocycles.